The van der Waals surface area contributed by atoms with Crippen molar-refractivity contribution >= 4 is 40.7 Å². The number of hydrogen-bond donors (Lipinski definition) is 2. The maximum Gasteiger partial charge on any atom is 0.340 e. The molecule has 1 aromatic carbocycles. The van der Waals surface area contributed by atoms with Crippen molar-refractivity contribution in [3.05, 3.63) is 64.6 Å². The maximum absolute atomic E-state index is 12.0. The number of aromatic nitrogens is 3. The number of rotatable bonds is 5. The van der Waals surface area contributed by atoms with Gasteiger partial charge in [-0.15, -0.1) is 0 Å². The van der Waals surface area contributed by atoms with E-state index < -0.39 is 5.97 Å². The number of carbonyl (C=O) groups excluding carboxylic acids is 1. The van der Waals surface area contributed by atoms with Crippen LogP contribution < -0.4 is 10.6 Å². The highest BCUT2D eigenvalue weighted by atomic mass is 35.5. The van der Waals surface area contributed by atoms with Gasteiger partial charge >= 0.3 is 5.97 Å². The van der Waals surface area contributed by atoms with Gasteiger partial charge in [-0.05, 0) is 55.0 Å². The summed E-state index contributed by atoms with van der Waals surface area (Å²) in [4.78, 5) is 24.8. The molecule has 2 N–H and O–H groups in total. The molecule has 0 spiro atoms. The van der Waals surface area contributed by atoms with Crippen LogP contribution in [0.3, 0.4) is 0 Å². The van der Waals surface area contributed by atoms with Crippen LogP contribution >= 0.6 is 11.6 Å². The first kappa shape index (κ1) is 20.1. The molecule has 2 heterocycles. The fourth-order valence-electron chi connectivity index (χ4n) is 3.54. The summed E-state index contributed by atoms with van der Waals surface area (Å²) in [6, 6.07) is 7.96. The smallest absolute Gasteiger partial charge is 0.340 e. The van der Waals surface area contributed by atoms with Gasteiger partial charge in [0.25, 0.3) is 0 Å². The Morgan fingerprint density at radius 3 is 2.73 bits per heavy atom. The van der Waals surface area contributed by atoms with E-state index in [2.05, 4.69) is 37.7 Å². The molecule has 1 aliphatic rings. The number of ether oxygens (including phenoxy) is 1. The highest BCUT2D eigenvalue weighted by Gasteiger charge is 2.15. The zero-order valence-corrected chi connectivity index (χ0v) is 17.4. The number of fused-ring (bicyclic) bond motifs is 1. The minimum atomic E-state index is -0.478. The first-order valence-corrected chi connectivity index (χ1v) is 10.2. The fourth-order valence-corrected chi connectivity index (χ4v) is 3.68. The molecule has 1 aliphatic carbocycles. The molecule has 0 fully saturated rings. The molecular weight excluding hydrogens is 402 g/mol. The Bertz CT molecular complexity index is 1070. The van der Waals surface area contributed by atoms with Gasteiger partial charge in [-0.2, -0.15) is 4.98 Å². The Hall–Kier alpha value is -3.19. The lowest BCUT2D eigenvalue weighted by Crippen LogP contribution is -2.08. The summed E-state index contributed by atoms with van der Waals surface area (Å²) in [5.74, 6) is 0.287. The molecule has 30 heavy (non-hydrogen) atoms. The molecule has 8 heteroatoms. The van der Waals surface area contributed by atoms with E-state index in [0.29, 0.717) is 28.0 Å². The number of aryl methyl sites for hydroxylation is 2. The Morgan fingerprint density at radius 1 is 1.07 bits per heavy atom. The summed E-state index contributed by atoms with van der Waals surface area (Å²) < 4.78 is 4.82. The third kappa shape index (κ3) is 4.52. The first-order valence-electron chi connectivity index (χ1n) is 9.85. The van der Waals surface area contributed by atoms with Crippen molar-refractivity contribution in [2.24, 2.45) is 0 Å². The zero-order chi connectivity index (χ0) is 20.9. The van der Waals surface area contributed by atoms with E-state index in [1.807, 2.05) is 6.07 Å². The Balaban J connectivity index is 1.57. The number of carbonyl (C=O) groups is 1. The summed E-state index contributed by atoms with van der Waals surface area (Å²) >= 11 is 6.28. The Kier molecular flexibility index (Phi) is 6.09. The van der Waals surface area contributed by atoms with Gasteiger partial charge in [-0.25, -0.2) is 9.78 Å². The molecular formula is C22H22ClN5O2. The van der Waals surface area contributed by atoms with Crippen molar-refractivity contribution in [3.8, 4) is 0 Å². The average molecular weight is 424 g/mol. The van der Waals surface area contributed by atoms with E-state index in [4.69, 9.17) is 16.3 Å². The largest absolute Gasteiger partial charge is 0.465 e. The Labute approximate surface area is 179 Å². The van der Waals surface area contributed by atoms with Crippen molar-refractivity contribution < 1.29 is 9.53 Å². The minimum Gasteiger partial charge on any atom is -0.465 e. The van der Waals surface area contributed by atoms with Crippen LogP contribution in [0, 0.1) is 0 Å². The first-order chi connectivity index (χ1) is 14.6. The number of benzene rings is 1. The summed E-state index contributed by atoms with van der Waals surface area (Å²) in [5.41, 5.74) is 4.51. The van der Waals surface area contributed by atoms with Crippen molar-refractivity contribution in [1.82, 2.24) is 15.0 Å². The third-order valence-corrected chi connectivity index (χ3v) is 5.35. The highest BCUT2D eigenvalue weighted by molar-refractivity contribution is 6.33. The quantitative estimate of drug-likeness (QED) is 0.437. The van der Waals surface area contributed by atoms with Crippen LogP contribution in [0.4, 0.5) is 23.1 Å². The number of methoxy groups -OCH3 is 1. The minimum absolute atomic E-state index is 0.321. The molecule has 2 aromatic heterocycles. The lowest BCUT2D eigenvalue weighted by Gasteiger charge is -2.13. The SMILES string of the molecule is COC(=O)c1ccncc1Nc1nc(Nc2ccc3c(c2)CCCCC3)ncc1Cl. The van der Waals surface area contributed by atoms with Crippen LogP contribution in [0.1, 0.15) is 40.7 Å². The van der Waals surface area contributed by atoms with Crippen molar-refractivity contribution in [1.29, 1.82) is 0 Å². The number of esters is 1. The van der Waals surface area contributed by atoms with E-state index in [1.54, 1.807) is 6.07 Å². The number of hydrogen-bond acceptors (Lipinski definition) is 7. The molecule has 0 saturated carbocycles. The number of nitrogens with zero attached hydrogens (tertiary/aromatic N) is 3. The van der Waals surface area contributed by atoms with Gasteiger partial charge in [0.15, 0.2) is 5.82 Å². The second kappa shape index (κ2) is 9.09. The zero-order valence-electron chi connectivity index (χ0n) is 16.6. The van der Waals surface area contributed by atoms with Crippen LogP contribution in [0.15, 0.2) is 42.9 Å². The molecule has 0 bridgehead atoms. The summed E-state index contributed by atoms with van der Waals surface area (Å²) in [5, 5.41) is 6.62. The van der Waals surface area contributed by atoms with Gasteiger partial charge in [0.1, 0.15) is 5.02 Å². The summed E-state index contributed by atoms with van der Waals surface area (Å²) in [7, 11) is 1.33. The van der Waals surface area contributed by atoms with Crippen molar-refractivity contribution in [3.63, 3.8) is 0 Å². The molecule has 7 nitrogen and oxygen atoms in total. The van der Waals surface area contributed by atoms with E-state index in [-0.39, 0.29) is 0 Å². The third-order valence-electron chi connectivity index (χ3n) is 5.08. The standard InChI is InChI=1S/C22H22ClN5O2/c1-30-21(29)17-9-10-24-13-19(17)27-20-18(23)12-25-22(28-20)26-16-8-7-14-5-3-2-4-6-15(14)11-16/h7-13H,2-6H2,1H3,(H2,25,26,27,28). The lowest BCUT2D eigenvalue weighted by atomic mass is 10.0. The Morgan fingerprint density at radius 2 is 1.90 bits per heavy atom. The molecule has 0 saturated heterocycles. The van der Waals surface area contributed by atoms with E-state index >= 15 is 0 Å². The summed E-state index contributed by atoms with van der Waals surface area (Å²) in [6.07, 6.45) is 10.5. The number of nitrogens with one attached hydrogen (secondary N) is 2. The second-order valence-corrected chi connectivity index (χ2v) is 7.50. The van der Waals surface area contributed by atoms with Gasteiger partial charge in [0.2, 0.25) is 5.95 Å². The van der Waals surface area contributed by atoms with E-state index in [0.717, 1.165) is 18.5 Å². The molecule has 3 aromatic rings. The van der Waals surface area contributed by atoms with Crippen LogP contribution in [-0.2, 0) is 17.6 Å². The van der Waals surface area contributed by atoms with Crippen LogP contribution in [0.5, 0.6) is 0 Å². The molecule has 0 aliphatic heterocycles. The van der Waals surface area contributed by atoms with Crippen molar-refractivity contribution in [2.75, 3.05) is 17.7 Å². The molecule has 0 amide bonds. The number of halogens is 1. The highest BCUT2D eigenvalue weighted by Crippen LogP contribution is 2.28. The van der Waals surface area contributed by atoms with Gasteiger partial charge < -0.3 is 15.4 Å². The van der Waals surface area contributed by atoms with Crippen LogP contribution in [-0.4, -0.2) is 28.0 Å². The lowest BCUT2D eigenvalue weighted by molar-refractivity contribution is 0.0602. The van der Waals surface area contributed by atoms with Gasteiger partial charge in [-0.3, -0.25) is 4.98 Å². The predicted molar refractivity (Wildman–Crippen MR) is 117 cm³/mol. The van der Waals surface area contributed by atoms with E-state index in [9.17, 15) is 4.79 Å². The number of anilines is 4. The average Bonchev–Trinajstić information content (AvgIpc) is 3.01. The van der Waals surface area contributed by atoms with E-state index in [1.165, 1.54) is 56.1 Å². The fraction of sp³-hybridized carbons (Fsp3) is 0.273. The summed E-state index contributed by atoms with van der Waals surface area (Å²) in [6.45, 7) is 0. The molecule has 4 rings (SSSR count). The number of pyridine rings is 1. The maximum atomic E-state index is 12.0. The van der Waals surface area contributed by atoms with Crippen LogP contribution in [0.2, 0.25) is 5.02 Å². The van der Waals surface area contributed by atoms with Crippen molar-refractivity contribution in [2.45, 2.75) is 32.1 Å². The molecule has 0 radical (unpaired) electrons. The molecule has 0 unspecified atom stereocenters. The normalized spacial score (nSPS) is 13.1. The second-order valence-electron chi connectivity index (χ2n) is 7.10. The topological polar surface area (TPSA) is 89.0 Å². The van der Waals surface area contributed by atoms with Crippen LogP contribution in [0.25, 0.3) is 0 Å². The predicted octanol–water partition coefficient (Wildman–Crippen LogP) is 5.07. The monoisotopic (exact) mass is 423 g/mol. The van der Waals surface area contributed by atoms with Gasteiger partial charge in [-0.1, -0.05) is 24.1 Å². The van der Waals surface area contributed by atoms with Gasteiger partial charge in [0.05, 0.1) is 30.8 Å². The molecule has 0 atom stereocenters. The molecule has 154 valence electrons. The van der Waals surface area contributed by atoms with Gasteiger partial charge in [0, 0.05) is 11.9 Å².